The average molecular weight is 352 g/mol. The van der Waals surface area contributed by atoms with Crippen molar-refractivity contribution in [3.8, 4) is 0 Å². The van der Waals surface area contributed by atoms with Gasteiger partial charge in [-0.3, -0.25) is 9.59 Å². The van der Waals surface area contributed by atoms with Gasteiger partial charge < -0.3 is 14.5 Å². The van der Waals surface area contributed by atoms with E-state index in [0.29, 0.717) is 12.1 Å². The third kappa shape index (κ3) is 6.82. The van der Waals surface area contributed by atoms with Crippen LogP contribution in [0.1, 0.15) is 37.6 Å². The zero-order valence-corrected chi connectivity index (χ0v) is 15.6. The highest BCUT2D eigenvalue weighted by atomic mass is 19.1. The van der Waals surface area contributed by atoms with Crippen molar-refractivity contribution >= 4 is 11.9 Å². The van der Waals surface area contributed by atoms with Gasteiger partial charge in [-0.05, 0) is 50.3 Å². The third-order valence-electron chi connectivity index (χ3n) is 4.27. The number of hydrogen-bond acceptors (Lipinski definition) is 4. The van der Waals surface area contributed by atoms with Crippen molar-refractivity contribution in [3.05, 3.63) is 35.6 Å². The first-order chi connectivity index (χ1) is 11.9. The average Bonchev–Trinajstić information content (AvgIpc) is 2.63. The summed E-state index contributed by atoms with van der Waals surface area (Å²) in [6.45, 7) is 9.56. The lowest BCUT2D eigenvalue weighted by molar-refractivity contribution is -0.145. The van der Waals surface area contributed by atoms with Crippen LogP contribution in [0.25, 0.3) is 0 Å². The number of hydrogen-bond donors (Lipinski definition) is 0. The quantitative estimate of drug-likeness (QED) is 0.608. The van der Waals surface area contributed by atoms with Crippen molar-refractivity contribution in [2.45, 2.75) is 27.2 Å². The maximum absolute atomic E-state index is 13.1. The Labute approximate surface area is 149 Å². The molecule has 1 unspecified atom stereocenters. The van der Waals surface area contributed by atoms with Crippen LogP contribution in [-0.2, 0) is 9.53 Å². The van der Waals surface area contributed by atoms with E-state index in [2.05, 4.69) is 18.7 Å². The molecule has 0 fully saturated rings. The van der Waals surface area contributed by atoms with Crippen LogP contribution in [0.15, 0.2) is 24.3 Å². The van der Waals surface area contributed by atoms with Gasteiger partial charge in [0.05, 0.1) is 13.0 Å². The SMILES string of the molecule is CCN(CC)CCCN(CC(C)C(=O)OC)C(=O)c1ccc(F)cc1. The standard InChI is InChI=1S/C19H29FN2O3/c1-5-21(6-2)12-7-13-22(14-15(3)19(24)25-4)18(23)16-8-10-17(20)11-9-16/h8-11,15H,5-7,12-14H2,1-4H3. The van der Waals surface area contributed by atoms with Crippen LogP contribution in [0, 0.1) is 11.7 Å². The van der Waals surface area contributed by atoms with Gasteiger partial charge in [-0.25, -0.2) is 4.39 Å². The first-order valence-corrected chi connectivity index (χ1v) is 8.77. The predicted molar refractivity (Wildman–Crippen MR) is 95.9 cm³/mol. The van der Waals surface area contributed by atoms with Crippen LogP contribution >= 0.6 is 0 Å². The molecule has 1 aromatic rings. The molecule has 140 valence electrons. The Balaban J connectivity index is 2.80. The summed E-state index contributed by atoms with van der Waals surface area (Å²) in [5.74, 6) is -1.34. The Hall–Kier alpha value is -1.95. The van der Waals surface area contributed by atoms with E-state index in [4.69, 9.17) is 4.74 Å². The molecule has 0 aromatic heterocycles. The van der Waals surface area contributed by atoms with E-state index in [0.717, 1.165) is 26.1 Å². The van der Waals surface area contributed by atoms with Crippen LogP contribution in [0.4, 0.5) is 4.39 Å². The lowest BCUT2D eigenvalue weighted by Gasteiger charge is -2.26. The monoisotopic (exact) mass is 352 g/mol. The van der Waals surface area contributed by atoms with E-state index in [1.54, 1.807) is 11.8 Å². The van der Waals surface area contributed by atoms with Crippen LogP contribution in [0.3, 0.4) is 0 Å². The minimum Gasteiger partial charge on any atom is -0.469 e. The van der Waals surface area contributed by atoms with Crippen LogP contribution in [0.2, 0.25) is 0 Å². The largest absolute Gasteiger partial charge is 0.469 e. The van der Waals surface area contributed by atoms with Crippen molar-refractivity contribution < 1.29 is 18.7 Å². The van der Waals surface area contributed by atoms with Gasteiger partial charge in [-0.1, -0.05) is 20.8 Å². The molecule has 0 saturated heterocycles. The lowest BCUT2D eigenvalue weighted by atomic mass is 10.1. The third-order valence-corrected chi connectivity index (χ3v) is 4.27. The van der Waals surface area contributed by atoms with E-state index < -0.39 is 5.92 Å². The maximum Gasteiger partial charge on any atom is 0.310 e. The first kappa shape index (κ1) is 21.1. The summed E-state index contributed by atoms with van der Waals surface area (Å²) in [7, 11) is 1.34. The molecule has 0 aliphatic rings. The molecule has 1 rings (SSSR count). The highest BCUT2D eigenvalue weighted by Crippen LogP contribution is 2.11. The van der Waals surface area contributed by atoms with Gasteiger partial charge in [-0.2, -0.15) is 0 Å². The number of rotatable bonds is 10. The molecule has 0 aliphatic carbocycles. The zero-order chi connectivity index (χ0) is 18.8. The fourth-order valence-corrected chi connectivity index (χ4v) is 2.68. The summed E-state index contributed by atoms with van der Waals surface area (Å²) < 4.78 is 17.8. The summed E-state index contributed by atoms with van der Waals surface area (Å²) in [6.07, 6.45) is 0.808. The molecule has 0 aliphatic heterocycles. The first-order valence-electron chi connectivity index (χ1n) is 8.77. The number of methoxy groups -OCH3 is 1. The Morgan fingerprint density at radius 3 is 2.24 bits per heavy atom. The van der Waals surface area contributed by atoms with Crippen molar-refractivity contribution in [2.75, 3.05) is 39.8 Å². The van der Waals surface area contributed by atoms with Crippen LogP contribution < -0.4 is 0 Å². The van der Waals surface area contributed by atoms with E-state index in [9.17, 15) is 14.0 Å². The minimum atomic E-state index is -0.414. The van der Waals surface area contributed by atoms with Crippen molar-refractivity contribution in [1.29, 1.82) is 0 Å². The summed E-state index contributed by atoms with van der Waals surface area (Å²) in [5, 5.41) is 0. The van der Waals surface area contributed by atoms with Gasteiger partial charge >= 0.3 is 5.97 Å². The molecule has 0 radical (unpaired) electrons. The fourth-order valence-electron chi connectivity index (χ4n) is 2.68. The lowest BCUT2D eigenvalue weighted by Crippen LogP contribution is -2.39. The number of esters is 1. The van der Waals surface area contributed by atoms with Crippen LogP contribution in [0.5, 0.6) is 0 Å². The second kappa shape index (κ2) is 10.8. The molecule has 1 aromatic carbocycles. The highest BCUT2D eigenvalue weighted by Gasteiger charge is 2.22. The second-order valence-electron chi connectivity index (χ2n) is 6.06. The zero-order valence-electron chi connectivity index (χ0n) is 15.6. The molecule has 5 nitrogen and oxygen atoms in total. The van der Waals surface area contributed by atoms with E-state index in [-0.39, 0.29) is 24.2 Å². The van der Waals surface area contributed by atoms with E-state index in [1.165, 1.54) is 31.4 Å². The maximum atomic E-state index is 13.1. The molecular formula is C19H29FN2O3. The summed E-state index contributed by atoms with van der Waals surface area (Å²) in [6, 6.07) is 5.48. The Morgan fingerprint density at radius 2 is 1.72 bits per heavy atom. The fraction of sp³-hybridized carbons (Fsp3) is 0.579. The Morgan fingerprint density at radius 1 is 1.12 bits per heavy atom. The van der Waals surface area contributed by atoms with Gasteiger partial charge in [0.2, 0.25) is 0 Å². The number of benzene rings is 1. The van der Waals surface area contributed by atoms with Crippen molar-refractivity contribution in [1.82, 2.24) is 9.80 Å². The number of amides is 1. The predicted octanol–water partition coefficient (Wildman–Crippen LogP) is 2.81. The van der Waals surface area contributed by atoms with Gasteiger partial charge in [0, 0.05) is 18.7 Å². The molecule has 6 heteroatoms. The molecular weight excluding hydrogens is 323 g/mol. The molecule has 25 heavy (non-hydrogen) atoms. The Bertz CT molecular complexity index is 544. The molecule has 1 atom stereocenters. The number of nitrogens with zero attached hydrogens (tertiary/aromatic N) is 2. The molecule has 0 N–H and O–H groups in total. The molecule has 1 amide bonds. The molecule has 0 heterocycles. The Kier molecular flexibility index (Phi) is 9.13. The smallest absolute Gasteiger partial charge is 0.310 e. The van der Waals surface area contributed by atoms with E-state index in [1.807, 2.05) is 0 Å². The van der Waals surface area contributed by atoms with Gasteiger partial charge in [0.1, 0.15) is 5.82 Å². The highest BCUT2D eigenvalue weighted by molar-refractivity contribution is 5.94. The number of ether oxygens (including phenoxy) is 1. The normalized spacial score (nSPS) is 12.1. The van der Waals surface area contributed by atoms with Gasteiger partial charge in [-0.15, -0.1) is 0 Å². The topological polar surface area (TPSA) is 49.9 Å². The van der Waals surface area contributed by atoms with E-state index >= 15 is 0 Å². The summed E-state index contributed by atoms with van der Waals surface area (Å²) in [4.78, 5) is 28.4. The van der Waals surface area contributed by atoms with Crippen molar-refractivity contribution in [2.24, 2.45) is 5.92 Å². The summed E-state index contributed by atoms with van der Waals surface area (Å²) in [5.41, 5.74) is 0.418. The molecule has 0 bridgehead atoms. The molecule has 0 spiro atoms. The van der Waals surface area contributed by atoms with Gasteiger partial charge in [0.15, 0.2) is 0 Å². The molecule has 0 saturated carbocycles. The van der Waals surface area contributed by atoms with Gasteiger partial charge in [0.25, 0.3) is 5.91 Å². The number of carbonyl (C=O) groups is 2. The number of carbonyl (C=O) groups excluding carboxylic acids is 2. The van der Waals surface area contributed by atoms with Crippen LogP contribution in [-0.4, -0.2) is 61.5 Å². The minimum absolute atomic E-state index is 0.199. The number of halogens is 1. The van der Waals surface area contributed by atoms with Crippen molar-refractivity contribution in [3.63, 3.8) is 0 Å². The summed E-state index contributed by atoms with van der Waals surface area (Å²) >= 11 is 0. The second-order valence-corrected chi connectivity index (χ2v) is 6.06.